The molecule has 0 aromatic heterocycles. The number of imide groups is 1. The van der Waals surface area contributed by atoms with E-state index in [1.165, 1.54) is 12.1 Å². The minimum atomic E-state index is -4.77. The van der Waals surface area contributed by atoms with Crippen LogP contribution in [0.4, 0.5) is 18.0 Å². The first kappa shape index (κ1) is 21.0. The van der Waals surface area contributed by atoms with Gasteiger partial charge in [-0.05, 0) is 41.8 Å². The summed E-state index contributed by atoms with van der Waals surface area (Å²) in [7, 11) is 0. The van der Waals surface area contributed by atoms with Crippen molar-refractivity contribution in [3.8, 4) is 11.5 Å². The summed E-state index contributed by atoms with van der Waals surface area (Å²) in [5, 5.41) is 11.6. The Labute approximate surface area is 168 Å². The first-order valence-electron chi connectivity index (χ1n) is 8.46. The summed E-state index contributed by atoms with van der Waals surface area (Å²) in [6.07, 6.45) is -5.41. The fraction of sp³-hybridized carbons (Fsp3) is 0.263. The molecule has 1 saturated heterocycles. The zero-order chi connectivity index (χ0) is 21.0. The van der Waals surface area contributed by atoms with Crippen LogP contribution < -0.4 is 14.8 Å². The Bertz CT molecular complexity index is 871. The molecule has 2 atom stereocenters. The molecule has 2 amide bonds. The van der Waals surface area contributed by atoms with Crippen molar-refractivity contribution in [2.24, 2.45) is 0 Å². The maximum absolute atomic E-state index is 12.2. The van der Waals surface area contributed by atoms with Gasteiger partial charge in [0.25, 0.3) is 5.24 Å². The summed E-state index contributed by atoms with van der Waals surface area (Å²) in [6, 6.07) is 11.7. The molecule has 0 radical (unpaired) electrons. The average Bonchev–Trinajstić information content (AvgIpc) is 2.97. The molecule has 1 fully saturated rings. The number of nitrogens with one attached hydrogen (secondary N) is 1. The van der Waals surface area contributed by atoms with Crippen LogP contribution in [0.1, 0.15) is 17.2 Å². The Morgan fingerprint density at radius 3 is 2.21 bits per heavy atom. The van der Waals surface area contributed by atoms with Crippen molar-refractivity contribution in [3.05, 3.63) is 59.7 Å². The van der Waals surface area contributed by atoms with Crippen molar-refractivity contribution in [1.82, 2.24) is 5.32 Å². The number of aliphatic hydroxyl groups is 1. The zero-order valence-corrected chi connectivity index (χ0v) is 15.6. The standard InChI is InChI=1S/C19H16F3NO5S/c20-19(21,22)28-14-7-3-12(4-8-14)15(24)10-27-13-5-1-11(2-6-13)9-16-17(25)23-18(26)29-16/h1-8,15-16,24H,9-10H2,(H,23,25,26). The molecule has 2 aromatic carbocycles. The molecule has 0 saturated carbocycles. The van der Waals surface area contributed by atoms with Gasteiger partial charge in [0.1, 0.15) is 24.2 Å². The van der Waals surface area contributed by atoms with Gasteiger partial charge in [0.15, 0.2) is 0 Å². The molecule has 0 aliphatic carbocycles. The lowest BCUT2D eigenvalue weighted by Crippen LogP contribution is -2.25. The Hall–Kier alpha value is -2.72. The van der Waals surface area contributed by atoms with Crippen LogP contribution in [0.15, 0.2) is 48.5 Å². The van der Waals surface area contributed by atoms with E-state index in [2.05, 4.69) is 10.1 Å². The predicted molar refractivity (Wildman–Crippen MR) is 98.6 cm³/mol. The van der Waals surface area contributed by atoms with E-state index in [0.717, 1.165) is 29.5 Å². The highest BCUT2D eigenvalue weighted by Gasteiger charge is 2.32. The van der Waals surface area contributed by atoms with Crippen LogP contribution in [0.5, 0.6) is 11.5 Å². The highest BCUT2D eigenvalue weighted by atomic mass is 32.2. The third-order valence-electron chi connectivity index (χ3n) is 4.02. The van der Waals surface area contributed by atoms with E-state index in [1.807, 2.05) is 0 Å². The lowest BCUT2D eigenvalue weighted by molar-refractivity contribution is -0.274. The fourth-order valence-electron chi connectivity index (χ4n) is 2.63. The zero-order valence-electron chi connectivity index (χ0n) is 14.8. The summed E-state index contributed by atoms with van der Waals surface area (Å²) in [5.41, 5.74) is 1.23. The highest BCUT2D eigenvalue weighted by molar-refractivity contribution is 8.15. The second-order valence-corrected chi connectivity index (χ2v) is 7.35. The topological polar surface area (TPSA) is 84.9 Å². The number of benzene rings is 2. The molecular weight excluding hydrogens is 411 g/mol. The predicted octanol–water partition coefficient (Wildman–Crippen LogP) is 3.59. The molecule has 2 aromatic rings. The van der Waals surface area contributed by atoms with Crippen LogP contribution in [-0.4, -0.2) is 34.5 Å². The number of halogens is 3. The smallest absolute Gasteiger partial charge is 0.491 e. The molecule has 2 unspecified atom stereocenters. The summed E-state index contributed by atoms with van der Waals surface area (Å²) >= 11 is 0.953. The fourth-order valence-corrected chi connectivity index (χ4v) is 3.49. The van der Waals surface area contributed by atoms with Crippen molar-refractivity contribution < 1.29 is 37.3 Å². The van der Waals surface area contributed by atoms with Gasteiger partial charge in [-0.3, -0.25) is 14.9 Å². The number of carbonyl (C=O) groups excluding carboxylic acids is 2. The Morgan fingerprint density at radius 1 is 1.03 bits per heavy atom. The van der Waals surface area contributed by atoms with Gasteiger partial charge in [-0.2, -0.15) is 0 Å². The van der Waals surface area contributed by atoms with Gasteiger partial charge in [-0.1, -0.05) is 36.0 Å². The van der Waals surface area contributed by atoms with E-state index in [-0.39, 0.29) is 23.5 Å². The average molecular weight is 427 g/mol. The number of carbonyl (C=O) groups is 2. The van der Waals surface area contributed by atoms with E-state index in [4.69, 9.17) is 4.74 Å². The van der Waals surface area contributed by atoms with Crippen LogP contribution >= 0.6 is 11.8 Å². The second-order valence-electron chi connectivity index (χ2n) is 6.17. The van der Waals surface area contributed by atoms with Crippen molar-refractivity contribution in [1.29, 1.82) is 0 Å². The SMILES string of the molecule is O=C1NC(=O)C(Cc2ccc(OCC(O)c3ccc(OC(F)(F)F)cc3)cc2)S1. The van der Waals surface area contributed by atoms with Crippen LogP contribution in [0.25, 0.3) is 0 Å². The monoisotopic (exact) mass is 427 g/mol. The first-order chi connectivity index (χ1) is 13.7. The number of hydrogen-bond donors (Lipinski definition) is 2. The van der Waals surface area contributed by atoms with Gasteiger partial charge in [-0.25, -0.2) is 0 Å². The maximum Gasteiger partial charge on any atom is 0.573 e. The van der Waals surface area contributed by atoms with Gasteiger partial charge in [0, 0.05) is 0 Å². The number of amides is 2. The summed E-state index contributed by atoms with van der Waals surface area (Å²) in [6.45, 7) is -0.103. The molecule has 10 heteroatoms. The molecule has 154 valence electrons. The number of rotatable bonds is 7. The summed E-state index contributed by atoms with van der Waals surface area (Å²) < 4.78 is 45.8. The van der Waals surface area contributed by atoms with Crippen molar-refractivity contribution in [3.63, 3.8) is 0 Å². The van der Waals surface area contributed by atoms with Gasteiger partial charge in [0.05, 0.1) is 5.25 Å². The van der Waals surface area contributed by atoms with Crippen LogP contribution in [0.2, 0.25) is 0 Å². The molecule has 0 bridgehead atoms. The number of thioether (sulfide) groups is 1. The molecule has 1 aliphatic rings. The Balaban J connectivity index is 1.50. The number of hydrogen-bond acceptors (Lipinski definition) is 6. The van der Waals surface area contributed by atoms with E-state index in [0.29, 0.717) is 17.7 Å². The Morgan fingerprint density at radius 2 is 1.66 bits per heavy atom. The molecule has 2 N–H and O–H groups in total. The minimum absolute atomic E-state index is 0.103. The van der Waals surface area contributed by atoms with Gasteiger partial charge < -0.3 is 14.6 Å². The quantitative estimate of drug-likeness (QED) is 0.703. The van der Waals surface area contributed by atoms with Gasteiger partial charge >= 0.3 is 6.36 Å². The van der Waals surface area contributed by atoms with Crippen molar-refractivity contribution in [2.45, 2.75) is 24.1 Å². The molecule has 0 spiro atoms. The number of alkyl halides is 3. The molecule has 1 heterocycles. The number of aliphatic hydroxyl groups excluding tert-OH is 1. The molecule has 3 rings (SSSR count). The third-order valence-corrected chi connectivity index (χ3v) is 5.00. The van der Waals surface area contributed by atoms with Crippen molar-refractivity contribution >= 4 is 22.9 Å². The van der Waals surface area contributed by atoms with Gasteiger partial charge in [-0.15, -0.1) is 13.2 Å². The van der Waals surface area contributed by atoms with Gasteiger partial charge in [0.2, 0.25) is 5.91 Å². The van der Waals surface area contributed by atoms with Crippen LogP contribution in [0.3, 0.4) is 0 Å². The van der Waals surface area contributed by atoms with Crippen LogP contribution in [0, 0.1) is 0 Å². The van der Waals surface area contributed by atoms with E-state index < -0.39 is 17.7 Å². The van der Waals surface area contributed by atoms with E-state index >= 15 is 0 Å². The molecular formula is C19H16F3NO5S. The van der Waals surface area contributed by atoms with E-state index in [1.54, 1.807) is 24.3 Å². The lowest BCUT2D eigenvalue weighted by atomic mass is 10.1. The second kappa shape index (κ2) is 8.75. The number of ether oxygens (including phenoxy) is 2. The normalized spacial score (nSPS) is 17.7. The van der Waals surface area contributed by atoms with E-state index in [9.17, 15) is 27.9 Å². The molecule has 29 heavy (non-hydrogen) atoms. The largest absolute Gasteiger partial charge is 0.573 e. The maximum atomic E-state index is 12.2. The van der Waals surface area contributed by atoms with Crippen LogP contribution in [-0.2, 0) is 11.2 Å². The molecule has 1 aliphatic heterocycles. The first-order valence-corrected chi connectivity index (χ1v) is 9.34. The molecule has 6 nitrogen and oxygen atoms in total. The summed E-state index contributed by atoms with van der Waals surface area (Å²) in [4.78, 5) is 22.8. The summed E-state index contributed by atoms with van der Waals surface area (Å²) in [5.74, 6) is -0.208. The lowest BCUT2D eigenvalue weighted by Gasteiger charge is -2.14. The highest BCUT2D eigenvalue weighted by Crippen LogP contribution is 2.26. The van der Waals surface area contributed by atoms with Crippen molar-refractivity contribution in [2.75, 3.05) is 6.61 Å². The minimum Gasteiger partial charge on any atom is -0.491 e. The third kappa shape index (κ3) is 6.13. The Kier molecular flexibility index (Phi) is 6.33.